The van der Waals surface area contributed by atoms with Crippen molar-refractivity contribution in [2.75, 3.05) is 0 Å². The maximum Gasteiger partial charge on any atom is 0.303 e. The summed E-state index contributed by atoms with van der Waals surface area (Å²) >= 11 is 0. The average molecular weight is 432 g/mol. The van der Waals surface area contributed by atoms with E-state index in [9.17, 15) is 34.8 Å². The average Bonchev–Trinajstić information content (AvgIpc) is 3.06. The first-order chi connectivity index (χ1) is 14.4. The Morgan fingerprint density at radius 3 is 2.45 bits per heavy atom. The number of Topliss-reactive ketones (excluding diaryl/α,β-unsaturated/α-hetero) is 2. The van der Waals surface area contributed by atoms with Crippen LogP contribution in [-0.4, -0.2) is 49.2 Å². The zero-order valence-corrected chi connectivity index (χ0v) is 17.6. The zero-order chi connectivity index (χ0) is 22.9. The molecule has 2 saturated carbocycles. The van der Waals surface area contributed by atoms with Gasteiger partial charge in [-0.25, -0.2) is 0 Å². The van der Waals surface area contributed by atoms with Gasteiger partial charge in [0.2, 0.25) is 5.76 Å². The van der Waals surface area contributed by atoms with Crippen LogP contribution in [0.25, 0.3) is 0 Å². The second kappa shape index (κ2) is 6.95. The molecule has 4 rings (SSSR count). The maximum absolute atomic E-state index is 12.8. The Bertz CT molecular complexity index is 972. The second-order valence-electron chi connectivity index (χ2n) is 9.72. The fourth-order valence-corrected chi connectivity index (χ4v) is 6.78. The molecule has 0 aromatic carbocycles. The Morgan fingerprint density at radius 1 is 1.13 bits per heavy atom. The molecule has 0 spiro atoms. The van der Waals surface area contributed by atoms with Crippen LogP contribution in [0.3, 0.4) is 0 Å². The highest BCUT2D eigenvalue weighted by Crippen LogP contribution is 2.66. The van der Waals surface area contributed by atoms with Crippen LogP contribution >= 0.6 is 0 Å². The maximum atomic E-state index is 12.8. The molecule has 0 aromatic rings. The molecule has 0 bridgehead atoms. The predicted octanol–water partition coefficient (Wildman–Crippen LogP) is 2.89. The number of aliphatic hydroxyl groups is 4. The van der Waals surface area contributed by atoms with Crippen molar-refractivity contribution in [1.29, 1.82) is 0 Å². The number of allylic oxidation sites excluding steroid dienone is 3. The predicted molar refractivity (Wildman–Crippen MR) is 108 cm³/mol. The zero-order valence-electron chi connectivity index (χ0n) is 17.6. The van der Waals surface area contributed by atoms with Crippen molar-refractivity contribution in [2.24, 2.45) is 28.6 Å². The van der Waals surface area contributed by atoms with Crippen LogP contribution in [0.4, 0.5) is 0 Å². The van der Waals surface area contributed by atoms with Crippen molar-refractivity contribution in [3.8, 4) is 0 Å². The van der Waals surface area contributed by atoms with Crippen molar-refractivity contribution >= 4 is 17.5 Å². The number of carboxylic acids is 1. The highest BCUT2D eigenvalue weighted by molar-refractivity contribution is 6.07. The number of ketones is 2. The Hall–Kier alpha value is -2.61. The smallest absolute Gasteiger partial charge is 0.303 e. The van der Waals surface area contributed by atoms with Gasteiger partial charge < -0.3 is 25.5 Å². The van der Waals surface area contributed by atoms with E-state index in [-0.39, 0.29) is 48.4 Å². The lowest BCUT2D eigenvalue weighted by atomic mass is 9.48. The Balaban J connectivity index is 1.70. The molecule has 4 aliphatic rings. The topological polar surface area (TPSA) is 152 Å². The number of carboxylic acid groups (broad SMARTS) is 1. The summed E-state index contributed by atoms with van der Waals surface area (Å²) in [6.07, 6.45) is 2.47. The van der Waals surface area contributed by atoms with Gasteiger partial charge in [0.25, 0.3) is 5.78 Å². The molecule has 5 N–H and O–H groups in total. The molecule has 0 heterocycles. The molecular weight excluding hydrogens is 404 g/mol. The first-order valence-electron chi connectivity index (χ1n) is 10.7. The van der Waals surface area contributed by atoms with Gasteiger partial charge in [-0.2, -0.15) is 0 Å². The van der Waals surface area contributed by atoms with Crippen molar-refractivity contribution in [3.63, 3.8) is 0 Å². The van der Waals surface area contributed by atoms with E-state index in [1.807, 2.05) is 13.0 Å². The fourth-order valence-electron chi connectivity index (χ4n) is 6.78. The lowest BCUT2D eigenvalue weighted by Crippen LogP contribution is -2.53. The molecule has 8 heteroatoms. The van der Waals surface area contributed by atoms with Gasteiger partial charge >= 0.3 is 5.97 Å². The Kier molecular flexibility index (Phi) is 4.85. The lowest BCUT2D eigenvalue weighted by molar-refractivity contribution is -0.139. The van der Waals surface area contributed by atoms with Crippen LogP contribution in [0.5, 0.6) is 0 Å². The minimum Gasteiger partial charge on any atom is -0.507 e. The number of hydrogen-bond acceptors (Lipinski definition) is 7. The molecule has 2 fully saturated rings. The molecule has 0 aliphatic heterocycles. The van der Waals surface area contributed by atoms with Gasteiger partial charge in [0.15, 0.2) is 5.76 Å². The van der Waals surface area contributed by atoms with Gasteiger partial charge in [-0.15, -0.1) is 0 Å². The molecule has 1 unspecified atom stereocenters. The summed E-state index contributed by atoms with van der Waals surface area (Å²) in [7, 11) is 0. The Labute approximate surface area is 179 Å². The molecule has 0 radical (unpaired) electrons. The van der Waals surface area contributed by atoms with Crippen LogP contribution in [0.15, 0.2) is 34.5 Å². The van der Waals surface area contributed by atoms with E-state index in [4.69, 9.17) is 5.11 Å². The van der Waals surface area contributed by atoms with Gasteiger partial charge in [-0.1, -0.05) is 18.6 Å². The van der Waals surface area contributed by atoms with Crippen LogP contribution in [0, 0.1) is 28.6 Å². The molecule has 0 saturated heterocycles. The molecule has 6 atom stereocenters. The quantitative estimate of drug-likeness (QED) is 0.425. The third-order valence-electron chi connectivity index (χ3n) is 8.35. The molecule has 8 nitrogen and oxygen atoms in total. The van der Waals surface area contributed by atoms with Gasteiger partial charge in [0.1, 0.15) is 11.5 Å². The van der Waals surface area contributed by atoms with E-state index in [0.717, 1.165) is 5.57 Å². The summed E-state index contributed by atoms with van der Waals surface area (Å²) < 4.78 is 0. The van der Waals surface area contributed by atoms with Gasteiger partial charge in [-0.3, -0.25) is 14.4 Å². The number of carbonyl (C=O) groups excluding carboxylic acids is 2. The summed E-state index contributed by atoms with van der Waals surface area (Å²) in [6.45, 7) is 3.63. The van der Waals surface area contributed by atoms with Crippen molar-refractivity contribution < 1.29 is 39.9 Å². The number of aliphatic carboxylic acids is 1. The first kappa shape index (κ1) is 21.6. The summed E-state index contributed by atoms with van der Waals surface area (Å²) in [6, 6.07) is 0. The molecule has 0 amide bonds. The number of carbonyl (C=O) groups is 3. The highest BCUT2D eigenvalue weighted by Gasteiger charge is 2.62. The normalized spacial score (nSPS) is 39.6. The van der Waals surface area contributed by atoms with Gasteiger partial charge in [0.05, 0.1) is 17.9 Å². The van der Waals surface area contributed by atoms with E-state index in [0.29, 0.717) is 19.3 Å². The van der Waals surface area contributed by atoms with Crippen LogP contribution in [0.2, 0.25) is 0 Å². The summed E-state index contributed by atoms with van der Waals surface area (Å²) in [5.41, 5.74) is -0.717. The minimum absolute atomic E-state index is 0.0224. The molecule has 4 aliphatic carbocycles. The molecule has 31 heavy (non-hydrogen) atoms. The fraction of sp³-hybridized carbons (Fsp3) is 0.609. The monoisotopic (exact) mass is 432 g/mol. The van der Waals surface area contributed by atoms with Crippen molar-refractivity contribution in [2.45, 2.75) is 58.5 Å². The number of aliphatic hydroxyl groups excluding tert-OH is 4. The molecule has 0 aromatic heterocycles. The lowest BCUT2D eigenvalue weighted by Gasteiger charge is -2.56. The van der Waals surface area contributed by atoms with E-state index in [2.05, 4.69) is 0 Å². The van der Waals surface area contributed by atoms with E-state index in [1.54, 1.807) is 6.92 Å². The Morgan fingerprint density at radius 2 is 1.81 bits per heavy atom. The van der Waals surface area contributed by atoms with Crippen molar-refractivity contribution in [1.82, 2.24) is 0 Å². The van der Waals surface area contributed by atoms with Gasteiger partial charge in [-0.05, 0) is 49.9 Å². The number of rotatable bonds is 4. The minimum atomic E-state index is -1.29. The summed E-state index contributed by atoms with van der Waals surface area (Å²) in [5, 5.41) is 51.1. The largest absolute Gasteiger partial charge is 0.507 e. The van der Waals surface area contributed by atoms with Gasteiger partial charge in [0, 0.05) is 17.9 Å². The standard InChI is InChI=1S/C23H28O8/c1-22-8-7-12-10(11(22)3-4-13(22)14(24)5-6-16(26)27)9-15(25)17-18(28)19(29)20(30)21(31)23(12,17)2/h3,10,12-13,15,25,28,30-31H,4-9H2,1-2H3,(H,26,27)/t10-,12-,13+,15?,22-,23+/m0/s1. The van der Waals surface area contributed by atoms with Crippen LogP contribution in [0.1, 0.15) is 52.4 Å². The molecule has 168 valence electrons. The van der Waals surface area contributed by atoms with E-state index in [1.165, 1.54) is 0 Å². The van der Waals surface area contributed by atoms with E-state index < -0.39 is 46.0 Å². The third-order valence-corrected chi connectivity index (χ3v) is 8.35. The first-order valence-corrected chi connectivity index (χ1v) is 10.7. The van der Waals surface area contributed by atoms with Crippen LogP contribution < -0.4 is 0 Å². The third kappa shape index (κ3) is 2.80. The van der Waals surface area contributed by atoms with E-state index >= 15 is 0 Å². The van der Waals surface area contributed by atoms with Crippen LogP contribution in [-0.2, 0) is 14.4 Å². The number of fused-ring (bicyclic) bond motifs is 5. The highest BCUT2D eigenvalue weighted by atomic mass is 16.4. The number of hydrogen-bond donors (Lipinski definition) is 5. The summed E-state index contributed by atoms with van der Waals surface area (Å²) in [4.78, 5) is 35.8. The molecular formula is C23H28O8. The SMILES string of the molecule is C[C@]12C(O)=C(O)C(=O)C(O)=C1C(O)C[C@H]1C3=CC[C@H](C(=O)CCC(=O)O)[C@@]3(C)CC[C@@H]12. The second-order valence-corrected chi connectivity index (χ2v) is 9.72. The summed E-state index contributed by atoms with van der Waals surface area (Å²) in [5.74, 6) is -5.15. The van der Waals surface area contributed by atoms with Crippen molar-refractivity contribution in [3.05, 3.63) is 34.5 Å².